The second kappa shape index (κ2) is 11.8. The van der Waals surface area contributed by atoms with E-state index in [0.29, 0.717) is 11.9 Å². The van der Waals surface area contributed by atoms with Gasteiger partial charge in [0.05, 0.1) is 0 Å². The zero-order valence-corrected chi connectivity index (χ0v) is 20.3. The standard InChI is InChI=1S/C29H44BN/c1-6-11-24(5)31-29-19-26-14-10-15-27(28(26)20-30-29)23(4)17-21(2)16-22(3)18-25-12-8-7-9-13-25/h10,14-15,21,25,29-31H,3-9,11-13,16-20H2,1-2H3/t21?,29-/m0/s1. The molecule has 2 atom stereocenters. The predicted octanol–water partition coefficient (Wildman–Crippen LogP) is 7.36. The maximum atomic E-state index is 4.53. The zero-order valence-electron chi connectivity index (χ0n) is 20.3. The Kier molecular flexibility index (Phi) is 9.11. The van der Waals surface area contributed by atoms with Gasteiger partial charge in [-0.3, -0.25) is 0 Å². The van der Waals surface area contributed by atoms with Crippen molar-refractivity contribution in [3.8, 4) is 0 Å². The molecule has 1 heterocycles. The number of fused-ring (bicyclic) bond motifs is 1. The predicted molar refractivity (Wildman–Crippen MR) is 140 cm³/mol. The summed E-state index contributed by atoms with van der Waals surface area (Å²) in [5.74, 6) is 2.04. The molecule has 1 saturated carbocycles. The van der Waals surface area contributed by atoms with Gasteiger partial charge < -0.3 is 5.32 Å². The minimum atomic E-state index is 0.525. The van der Waals surface area contributed by atoms with Gasteiger partial charge in [0.2, 0.25) is 0 Å². The Morgan fingerprint density at radius 1 is 1.13 bits per heavy atom. The summed E-state index contributed by atoms with van der Waals surface area (Å²) in [5.41, 5.74) is 8.42. The average Bonchev–Trinajstić information content (AvgIpc) is 2.73. The van der Waals surface area contributed by atoms with Gasteiger partial charge in [0, 0.05) is 11.6 Å². The Hall–Kier alpha value is -1.70. The molecule has 168 valence electrons. The Balaban J connectivity index is 1.54. The highest BCUT2D eigenvalue weighted by molar-refractivity contribution is 6.38. The quantitative estimate of drug-likeness (QED) is 0.293. The Bertz CT molecular complexity index is 771. The average molecular weight is 417 g/mol. The molecule has 0 radical (unpaired) electrons. The highest BCUT2D eigenvalue weighted by Crippen LogP contribution is 2.34. The summed E-state index contributed by atoms with van der Waals surface area (Å²) in [7, 11) is 1.19. The van der Waals surface area contributed by atoms with Crippen LogP contribution < -0.4 is 5.32 Å². The molecule has 1 N–H and O–H groups in total. The molecule has 1 nitrogen and oxygen atoms in total. The van der Waals surface area contributed by atoms with Crippen LogP contribution in [0.1, 0.15) is 94.7 Å². The molecule has 0 amide bonds. The minimum Gasteiger partial charge on any atom is -0.393 e. The van der Waals surface area contributed by atoms with Crippen molar-refractivity contribution < 1.29 is 0 Å². The zero-order chi connectivity index (χ0) is 22.2. The van der Waals surface area contributed by atoms with Crippen LogP contribution in [-0.2, 0) is 12.7 Å². The van der Waals surface area contributed by atoms with E-state index in [1.54, 1.807) is 5.56 Å². The lowest BCUT2D eigenvalue weighted by molar-refractivity contribution is 0.350. The lowest BCUT2D eigenvalue weighted by Gasteiger charge is -2.29. The Morgan fingerprint density at radius 2 is 1.90 bits per heavy atom. The fourth-order valence-electron chi connectivity index (χ4n) is 5.90. The molecule has 1 aliphatic carbocycles. The van der Waals surface area contributed by atoms with E-state index in [-0.39, 0.29) is 0 Å². The largest absolute Gasteiger partial charge is 0.393 e. The van der Waals surface area contributed by atoms with Gasteiger partial charge in [-0.2, -0.15) is 0 Å². The van der Waals surface area contributed by atoms with Gasteiger partial charge in [-0.15, -0.1) is 0 Å². The third-order valence-electron chi connectivity index (χ3n) is 7.36. The molecular formula is C29H44BN. The molecular weight excluding hydrogens is 373 g/mol. The Labute approximate surface area is 192 Å². The van der Waals surface area contributed by atoms with E-state index >= 15 is 0 Å². The molecule has 1 unspecified atom stereocenters. The van der Waals surface area contributed by atoms with E-state index in [9.17, 15) is 0 Å². The molecule has 2 heteroatoms. The van der Waals surface area contributed by atoms with Crippen molar-refractivity contribution in [1.82, 2.24) is 5.32 Å². The van der Waals surface area contributed by atoms with E-state index < -0.39 is 0 Å². The van der Waals surface area contributed by atoms with Gasteiger partial charge in [-0.1, -0.05) is 95.9 Å². The van der Waals surface area contributed by atoms with Crippen LogP contribution in [0.25, 0.3) is 5.57 Å². The first kappa shape index (κ1) is 24.0. The molecule has 0 spiro atoms. The number of hydrogen-bond acceptors (Lipinski definition) is 1. The molecule has 0 saturated heterocycles. The first-order valence-electron chi connectivity index (χ1n) is 12.9. The van der Waals surface area contributed by atoms with E-state index in [4.69, 9.17) is 0 Å². The molecule has 0 bridgehead atoms. The number of hydrogen-bond donors (Lipinski definition) is 1. The second-order valence-electron chi connectivity index (χ2n) is 10.5. The monoisotopic (exact) mass is 417 g/mol. The number of nitrogens with one attached hydrogen (secondary N) is 1. The van der Waals surface area contributed by atoms with E-state index in [1.807, 2.05) is 0 Å². The van der Waals surface area contributed by atoms with Crippen molar-refractivity contribution in [2.45, 2.75) is 96.7 Å². The second-order valence-corrected chi connectivity index (χ2v) is 10.5. The van der Waals surface area contributed by atoms with Crippen molar-refractivity contribution in [3.05, 3.63) is 65.9 Å². The lowest BCUT2D eigenvalue weighted by atomic mass is 9.57. The van der Waals surface area contributed by atoms with E-state index in [2.05, 4.69) is 57.1 Å². The summed E-state index contributed by atoms with van der Waals surface area (Å²) < 4.78 is 0. The summed E-state index contributed by atoms with van der Waals surface area (Å²) in [6.45, 7) is 17.8. The van der Waals surface area contributed by atoms with Crippen molar-refractivity contribution >= 4 is 12.9 Å². The number of rotatable bonds is 11. The molecule has 31 heavy (non-hydrogen) atoms. The third kappa shape index (κ3) is 7.16. The summed E-state index contributed by atoms with van der Waals surface area (Å²) >= 11 is 0. The van der Waals surface area contributed by atoms with Crippen molar-refractivity contribution in [3.63, 3.8) is 0 Å². The van der Waals surface area contributed by atoms with Crippen LogP contribution in [0.15, 0.2) is 49.2 Å². The fraction of sp³-hybridized carbons (Fsp3) is 0.586. The third-order valence-corrected chi connectivity index (χ3v) is 7.36. The van der Waals surface area contributed by atoms with Gasteiger partial charge >= 0.3 is 0 Å². The molecule has 0 aromatic heterocycles. The van der Waals surface area contributed by atoms with Crippen LogP contribution in [-0.4, -0.2) is 13.2 Å². The lowest BCUT2D eigenvalue weighted by Crippen LogP contribution is -2.40. The maximum absolute atomic E-state index is 4.53. The Morgan fingerprint density at radius 3 is 2.65 bits per heavy atom. The van der Waals surface area contributed by atoms with Crippen molar-refractivity contribution in [2.75, 3.05) is 0 Å². The first-order chi connectivity index (χ1) is 15.0. The van der Waals surface area contributed by atoms with Crippen LogP contribution >= 0.6 is 0 Å². The molecule has 1 aliphatic heterocycles. The summed E-state index contributed by atoms with van der Waals surface area (Å²) in [4.78, 5) is 0. The highest BCUT2D eigenvalue weighted by Gasteiger charge is 2.23. The van der Waals surface area contributed by atoms with Crippen LogP contribution in [0.2, 0.25) is 0 Å². The van der Waals surface area contributed by atoms with E-state index in [1.165, 1.54) is 73.8 Å². The van der Waals surface area contributed by atoms with Crippen molar-refractivity contribution in [2.24, 2.45) is 11.8 Å². The normalized spacial score (nSPS) is 19.7. The van der Waals surface area contributed by atoms with Gasteiger partial charge in [-0.25, -0.2) is 0 Å². The van der Waals surface area contributed by atoms with Crippen molar-refractivity contribution in [1.29, 1.82) is 0 Å². The number of allylic oxidation sites excluding steroid dienone is 3. The molecule has 3 rings (SSSR count). The molecule has 1 aromatic carbocycles. The van der Waals surface area contributed by atoms with Gasteiger partial charge in [0.1, 0.15) is 0 Å². The topological polar surface area (TPSA) is 12.0 Å². The summed E-state index contributed by atoms with van der Waals surface area (Å²) in [5, 5.41) is 3.67. The first-order valence-corrected chi connectivity index (χ1v) is 12.9. The minimum absolute atomic E-state index is 0.525. The number of benzene rings is 1. The summed E-state index contributed by atoms with van der Waals surface area (Å²) in [6, 6.07) is 6.85. The van der Waals surface area contributed by atoms with Crippen LogP contribution in [0.3, 0.4) is 0 Å². The molecule has 1 fully saturated rings. The van der Waals surface area contributed by atoms with E-state index in [0.717, 1.165) is 44.3 Å². The maximum Gasteiger partial charge on any atom is 0.153 e. The molecule has 1 aromatic rings. The van der Waals surface area contributed by atoms with Gasteiger partial charge in [0.15, 0.2) is 7.28 Å². The summed E-state index contributed by atoms with van der Waals surface area (Å²) in [6.07, 6.45) is 15.1. The highest BCUT2D eigenvalue weighted by atomic mass is 14.9. The SMILES string of the molecule is C=C(CC(C)CC(=C)c1cccc2c1CB[C@@H](NC(=C)CCC)C2)CC1CCCCC1. The fourth-order valence-corrected chi connectivity index (χ4v) is 5.90. The van der Waals surface area contributed by atoms with Gasteiger partial charge in [-0.05, 0) is 72.5 Å². The van der Waals surface area contributed by atoms with Gasteiger partial charge in [0.25, 0.3) is 0 Å². The van der Waals surface area contributed by atoms with Crippen LogP contribution in [0, 0.1) is 11.8 Å². The van der Waals surface area contributed by atoms with Crippen LogP contribution in [0.5, 0.6) is 0 Å². The van der Waals surface area contributed by atoms with Crippen LogP contribution in [0.4, 0.5) is 0 Å². The smallest absolute Gasteiger partial charge is 0.153 e. The molecule has 2 aliphatic rings.